The van der Waals surface area contributed by atoms with E-state index in [0.717, 1.165) is 14.7 Å². The van der Waals surface area contributed by atoms with Crippen LogP contribution in [0.5, 0.6) is 11.5 Å². The maximum atomic E-state index is 12.7. The first-order valence-corrected chi connectivity index (χ1v) is 10.1. The van der Waals surface area contributed by atoms with Crippen molar-refractivity contribution in [3.8, 4) is 11.5 Å². The zero-order chi connectivity index (χ0) is 20.1. The van der Waals surface area contributed by atoms with Gasteiger partial charge < -0.3 is 14.8 Å². The molecule has 3 amide bonds. The SMILES string of the molecule is CCOc1cc(/C=C2/NC(=O)N(Cc3ccccc3)C2=O)cc(I)c1OCC. The van der Waals surface area contributed by atoms with Gasteiger partial charge in [-0.2, -0.15) is 0 Å². The van der Waals surface area contributed by atoms with Crippen LogP contribution in [0.4, 0.5) is 4.79 Å². The van der Waals surface area contributed by atoms with Crippen LogP contribution < -0.4 is 14.8 Å². The Morgan fingerprint density at radius 1 is 1.07 bits per heavy atom. The molecule has 1 aliphatic heterocycles. The van der Waals surface area contributed by atoms with Crippen molar-refractivity contribution in [1.29, 1.82) is 0 Å². The van der Waals surface area contributed by atoms with Crippen LogP contribution in [0.3, 0.4) is 0 Å². The summed E-state index contributed by atoms with van der Waals surface area (Å²) in [7, 11) is 0. The Morgan fingerprint density at radius 3 is 2.46 bits per heavy atom. The van der Waals surface area contributed by atoms with Crippen molar-refractivity contribution in [2.45, 2.75) is 20.4 Å². The van der Waals surface area contributed by atoms with Gasteiger partial charge in [-0.25, -0.2) is 4.79 Å². The highest BCUT2D eigenvalue weighted by Crippen LogP contribution is 2.35. The summed E-state index contributed by atoms with van der Waals surface area (Å²) in [5, 5.41) is 2.66. The molecule has 0 atom stereocenters. The molecule has 1 fully saturated rings. The number of imide groups is 1. The third-order valence-electron chi connectivity index (χ3n) is 4.08. The molecule has 1 N–H and O–H groups in total. The summed E-state index contributed by atoms with van der Waals surface area (Å²) in [5.74, 6) is 0.941. The van der Waals surface area contributed by atoms with Crippen LogP contribution in [0, 0.1) is 3.57 Å². The van der Waals surface area contributed by atoms with Gasteiger partial charge in [-0.15, -0.1) is 0 Å². The highest BCUT2D eigenvalue weighted by atomic mass is 127. The van der Waals surface area contributed by atoms with Crippen LogP contribution in [0.25, 0.3) is 6.08 Å². The lowest BCUT2D eigenvalue weighted by atomic mass is 10.1. The Balaban J connectivity index is 1.87. The fourth-order valence-corrected chi connectivity index (χ4v) is 3.65. The quantitative estimate of drug-likeness (QED) is 0.358. The second-order valence-electron chi connectivity index (χ2n) is 6.06. The number of urea groups is 1. The molecule has 0 spiro atoms. The van der Waals surface area contributed by atoms with Gasteiger partial charge in [0.25, 0.3) is 5.91 Å². The zero-order valence-corrected chi connectivity index (χ0v) is 17.9. The minimum atomic E-state index is -0.425. The van der Waals surface area contributed by atoms with Gasteiger partial charge >= 0.3 is 6.03 Å². The highest BCUT2D eigenvalue weighted by Gasteiger charge is 2.33. The molecule has 6 nitrogen and oxygen atoms in total. The molecule has 1 aliphatic rings. The van der Waals surface area contributed by atoms with Crippen LogP contribution in [-0.2, 0) is 11.3 Å². The Bertz CT molecular complexity index is 912. The van der Waals surface area contributed by atoms with E-state index in [1.165, 1.54) is 4.90 Å². The summed E-state index contributed by atoms with van der Waals surface area (Å²) >= 11 is 2.17. The summed E-state index contributed by atoms with van der Waals surface area (Å²) in [4.78, 5) is 26.2. The van der Waals surface area contributed by atoms with Gasteiger partial charge in [0, 0.05) is 0 Å². The van der Waals surface area contributed by atoms with Crippen molar-refractivity contribution >= 4 is 40.6 Å². The smallest absolute Gasteiger partial charge is 0.329 e. The number of benzene rings is 2. The fraction of sp³-hybridized carbons (Fsp3) is 0.238. The van der Waals surface area contributed by atoms with Gasteiger partial charge in [0.1, 0.15) is 5.70 Å². The minimum absolute atomic E-state index is 0.230. The molecule has 0 radical (unpaired) electrons. The summed E-state index contributed by atoms with van der Waals surface area (Å²) < 4.78 is 12.2. The predicted octanol–water partition coefficient (Wildman–Crippen LogP) is 4.18. The molecule has 0 bridgehead atoms. The lowest BCUT2D eigenvalue weighted by Crippen LogP contribution is -2.30. The fourth-order valence-electron chi connectivity index (χ4n) is 2.87. The van der Waals surface area contributed by atoms with Crippen molar-refractivity contribution in [3.63, 3.8) is 0 Å². The molecule has 0 saturated carbocycles. The van der Waals surface area contributed by atoms with Gasteiger partial charge in [0.2, 0.25) is 0 Å². The van der Waals surface area contributed by atoms with Gasteiger partial charge in [-0.05, 0) is 65.8 Å². The van der Waals surface area contributed by atoms with E-state index in [1.54, 1.807) is 6.08 Å². The number of amides is 3. The second-order valence-corrected chi connectivity index (χ2v) is 7.22. The Hall–Kier alpha value is -2.55. The third-order valence-corrected chi connectivity index (χ3v) is 4.88. The molecule has 1 heterocycles. The average Bonchev–Trinajstić information content (AvgIpc) is 2.93. The molecule has 1 saturated heterocycles. The van der Waals surface area contributed by atoms with Crippen molar-refractivity contribution in [2.75, 3.05) is 13.2 Å². The summed E-state index contributed by atoms with van der Waals surface area (Å²) in [6.45, 7) is 5.07. The number of carbonyl (C=O) groups excluding carboxylic acids is 2. The lowest BCUT2D eigenvalue weighted by Gasteiger charge is -2.14. The van der Waals surface area contributed by atoms with E-state index in [9.17, 15) is 9.59 Å². The molecular formula is C21H21IN2O4. The van der Waals surface area contributed by atoms with Gasteiger partial charge in [0.05, 0.1) is 23.3 Å². The van der Waals surface area contributed by atoms with Gasteiger partial charge in [-0.3, -0.25) is 9.69 Å². The molecule has 0 unspecified atom stereocenters. The van der Waals surface area contributed by atoms with Crippen LogP contribution in [0.15, 0.2) is 48.2 Å². The number of hydrogen-bond donors (Lipinski definition) is 1. The molecule has 2 aromatic carbocycles. The molecule has 3 rings (SSSR count). The van der Waals surface area contributed by atoms with Gasteiger partial charge in [0.15, 0.2) is 11.5 Å². The Morgan fingerprint density at radius 2 is 1.79 bits per heavy atom. The molecule has 146 valence electrons. The van der Waals surface area contributed by atoms with Crippen LogP contribution in [0.2, 0.25) is 0 Å². The first-order valence-electron chi connectivity index (χ1n) is 9.01. The average molecular weight is 492 g/mol. The number of hydrogen-bond acceptors (Lipinski definition) is 4. The van der Waals surface area contributed by atoms with Crippen molar-refractivity contribution < 1.29 is 19.1 Å². The monoisotopic (exact) mass is 492 g/mol. The van der Waals surface area contributed by atoms with E-state index < -0.39 is 6.03 Å². The van der Waals surface area contributed by atoms with Crippen LogP contribution in [-0.4, -0.2) is 30.1 Å². The van der Waals surface area contributed by atoms with Crippen LogP contribution in [0.1, 0.15) is 25.0 Å². The topological polar surface area (TPSA) is 67.9 Å². The normalized spacial score (nSPS) is 15.1. The Labute approximate surface area is 177 Å². The predicted molar refractivity (Wildman–Crippen MR) is 115 cm³/mol. The van der Waals surface area contributed by atoms with Crippen molar-refractivity contribution in [1.82, 2.24) is 10.2 Å². The van der Waals surface area contributed by atoms with E-state index in [1.807, 2.05) is 56.3 Å². The first kappa shape index (κ1) is 20.2. The highest BCUT2D eigenvalue weighted by molar-refractivity contribution is 14.1. The number of rotatable bonds is 7. The van der Waals surface area contributed by atoms with E-state index in [-0.39, 0.29) is 18.1 Å². The number of nitrogens with one attached hydrogen (secondary N) is 1. The number of nitrogens with zero attached hydrogens (tertiary/aromatic N) is 1. The molecule has 7 heteroatoms. The lowest BCUT2D eigenvalue weighted by molar-refractivity contribution is -0.123. The second kappa shape index (κ2) is 9.09. The third kappa shape index (κ3) is 4.46. The standard InChI is InChI=1S/C21H21IN2O4/c1-3-27-18-12-15(10-16(22)19(18)28-4-2)11-17-20(25)24(21(26)23-17)13-14-8-6-5-7-9-14/h5-12H,3-4,13H2,1-2H3,(H,23,26)/b17-11+. The first-order chi connectivity index (χ1) is 13.5. The molecular weight excluding hydrogens is 471 g/mol. The number of halogens is 1. The van der Waals surface area contributed by atoms with Crippen LogP contribution >= 0.6 is 22.6 Å². The summed E-state index contributed by atoms with van der Waals surface area (Å²) in [5.41, 5.74) is 1.88. The van der Waals surface area contributed by atoms with E-state index in [0.29, 0.717) is 24.7 Å². The zero-order valence-electron chi connectivity index (χ0n) is 15.7. The largest absolute Gasteiger partial charge is 0.490 e. The maximum Gasteiger partial charge on any atom is 0.329 e. The molecule has 0 aromatic heterocycles. The van der Waals surface area contributed by atoms with Gasteiger partial charge in [-0.1, -0.05) is 30.3 Å². The number of carbonyl (C=O) groups is 2. The van der Waals surface area contributed by atoms with Crippen molar-refractivity contribution in [2.24, 2.45) is 0 Å². The Kier molecular flexibility index (Phi) is 6.56. The van der Waals surface area contributed by atoms with Crippen molar-refractivity contribution in [3.05, 3.63) is 62.9 Å². The molecule has 28 heavy (non-hydrogen) atoms. The minimum Gasteiger partial charge on any atom is -0.490 e. The van der Waals surface area contributed by atoms with E-state index >= 15 is 0 Å². The maximum absolute atomic E-state index is 12.7. The summed E-state index contributed by atoms with van der Waals surface area (Å²) in [6, 6.07) is 12.7. The van der Waals surface area contributed by atoms with E-state index in [4.69, 9.17) is 9.47 Å². The number of ether oxygens (including phenoxy) is 2. The molecule has 2 aromatic rings. The summed E-state index contributed by atoms with van der Waals surface area (Å²) in [6.07, 6.45) is 1.66. The van der Waals surface area contributed by atoms with E-state index in [2.05, 4.69) is 27.9 Å². The molecule has 0 aliphatic carbocycles.